The van der Waals surface area contributed by atoms with E-state index in [9.17, 15) is 4.79 Å². The molecule has 9 heavy (non-hydrogen) atoms. The molecule has 0 radical (unpaired) electrons. The van der Waals surface area contributed by atoms with Gasteiger partial charge in [0.25, 0.3) is 0 Å². The van der Waals surface area contributed by atoms with Crippen LogP contribution < -0.4 is 5.73 Å². The standard InChI is InChI=1S/C6H11NO2/c1-3-9-6(8)4-5(2)7/h4H,3,7H2,1-2H3/b5-4+. The Morgan fingerprint density at radius 1 is 1.78 bits per heavy atom. The van der Waals surface area contributed by atoms with Gasteiger partial charge in [-0.3, -0.25) is 0 Å². The summed E-state index contributed by atoms with van der Waals surface area (Å²) in [6, 6.07) is 0. The monoisotopic (exact) mass is 129 g/mol. The molecule has 0 fully saturated rings. The molecule has 0 aromatic rings. The summed E-state index contributed by atoms with van der Waals surface area (Å²) in [5.74, 6) is -0.377. The number of hydrogen-bond acceptors (Lipinski definition) is 3. The zero-order valence-electron chi connectivity index (χ0n) is 5.68. The fourth-order valence-electron chi connectivity index (χ4n) is 0.370. The molecule has 0 aliphatic carbocycles. The first-order valence-corrected chi connectivity index (χ1v) is 2.77. The van der Waals surface area contributed by atoms with E-state index in [1.807, 2.05) is 0 Å². The minimum Gasteiger partial charge on any atom is -0.463 e. The number of rotatable bonds is 2. The Kier molecular flexibility index (Phi) is 3.51. The van der Waals surface area contributed by atoms with Gasteiger partial charge in [-0.2, -0.15) is 0 Å². The molecule has 0 unspecified atom stereocenters. The predicted octanol–water partition coefficient (Wildman–Crippen LogP) is 0.412. The fourth-order valence-corrected chi connectivity index (χ4v) is 0.370. The number of allylic oxidation sites excluding steroid dienone is 1. The molecule has 0 atom stereocenters. The third-order valence-electron chi connectivity index (χ3n) is 0.632. The predicted molar refractivity (Wildman–Crippen MR) is 34.6 cm³/mol. The summed E-state index contributed by atoms with van der Waals surface area (Å²) >= 11 is 0. The summed E-state index contributed by atoms with van der Waals surface area (Å²) in [5, 5.41) is 0. The molecule has 3 heteroatoms. The lowest BCUT2D eigenvalue weighted by molar-refractivity contribution is -0.137. The van der Waals surface area contributed by atoms with Gasteiger partial charge in [-0.25, -0.2) is 4.79 Å². The van der Waals surface area contributed by atoms with Gasteiger partial charge < -0.3 is 10.5 Å². The number of carbonyl (C=O) groups excluding carboxylic acids is 1. The van der Waals surface area contributed by atoms with E-state index in [0.717, 1.165) is 0 Å². The van der Waals surface area contributed by atoms with Gasteiger partial charge in [0.05, 0.1) is 6.61 Å². The van der Waals surface area contributed by atoms with E-state index >= 15 is 0 Å². The lowest BCUT2D eigenvalue weighted by Gasteiger charge is -1.94. The maximum Gasteiger partial charge on any atom is 0.332 e. The Bertz CT molecular complexity index is 125. The maximum absolute atomic E-state index is 10.5. The first-order chi connectivity index (χ1) is 4.16. The van der Waals surface area contributed by atoms with Crippen molar-refractivity contribution in [2.75, 3.05) is 6.61 Å². The van der Waals surface area contributed by atoms with Crippen molar-refractivity contribution in [3.63, 3.8) is 0 Å². The van der Waals surface area contributed by atoms with Crippen molar-refractivity contribution in [3.8, 4) is 0 Å². The van der Waals surface area contributed by atoms with Crippen molar-refractivity contribution in [2.45, 2.75) is 13.8 Å². The van der Waals surface area contributed by atoms with Gasteiger partial charge in [0.2, 0.25) is 0 Å². The van der Waals surface area contributed by atoms with Crippen LogP contribution in [0.3, 0.4) is 0 Å². The third kappa shape index (κ3) is 4.87. The summed E-state index contributed by atoms with van der Waals surface area (Å²) in [5.41, 5.74) is 5.65. The normalized spacial score (nSPS) is 11.1. The highest BCUT2D eigenvalue weighted by molar-refractivity contribution is 5.82. The molecule has 0 aliphatic heterocycles. The molecule has 3 nitrogen and oxygen atoms in total. The molecule has 0 bridgehead atoms. The van der Waals surface area contributed by atoms with Crippen LogP contribution in [0.4, 0.5) is 0 Å². The van der Waals surface area contributed by atoms with Crippen molar-refractivity contribution >= 4 is 5.97 Å². The number of nitrogens with two attached hydrogens (primary N) is 1. The second-order valence-corrected chi connectivity index (χ2v) is 1.64. The van der Waals surface area contributed by atoms with Crippen LogP contribution in [-0.2, 0) is 9.53 Å². The van der Waals surface area contributed by atoms with Crippen LogP contribution in [0.5, 0.6) is 0 Å². The van der Waals surface area contributed by atoms with Gasteiger partial charge in [0, 0.05) is 11.8 Å². The minimum absolute atomic E-state index is 0.377. The van der Waals surface area contributed by atoms with Crippen LogP contribution in [0, 0.1) is 0 Å². The highest BCUT2D eigenvalue weighted by atomic mass is 16.5. The van der Waals surface area contributed by atoms with Gasteiger partial charge >= 0.3 is 5.97 Å². The van der Waals surface area contributed by atoms with E-state index in [0.29, 0.717) is 12.3 Å². The number of carbonyl (C=O) groups is 1. The van der Waals surface area contributed by atoms with Crippen LogP contribution in [-0.4, -0.2) is 12.6 Å². The average Bonchev–Trinajstić information content (AvgIpc) is 1.63. The van der Waals surface area contributed by atoms with E-state index < -0.39 is 0 Å². The van der Waals surface area contributed by atoms with Crippen LogP contribution in [0.25, 0.3) is 0 Å². The first-order valence-electron chi connectivity index (χ1n) is 2.77. The van der Waals surface area contributed by atoms with Crippen LogP contribution in [0.1, 0.15) is 13.8 Å². The van der Waals surface area contributed by atoms with E-state index in [2.05, 4.69) is 4.74 Å². The second kappa shape index (κ2) is 3.95. The lowest BCUT2D eigenvalue weighted by atomic mass is 10.4. The van der Waals surface area contributed by atoms with Crippen LogP contribution in [0.15, 0.2) is 11.8 Å². The number of hydrogen-bond donors (Lipinski definition) is 1. The molecular weight excluding hydrogens is 118 g/mol. The Labute approximate surface area is 54.5 Å². The summed E-state index contributed by atoms with van der Waals surface area (Å²) < 4.78 is 4.56. The molecule has 2 N–H and O–H groups in total. The number of ether oxygens (including phenoxy) is 1. The third-order valence-corrected chi connectivity index (χ3v) is 0.632. The van der Waals surface area contributed by atoms with Crippen molar-refractivity contribution in [1.29, 1.82) is 0 Å². The lowest BCUT2D eigenvalue weighted by Crippen LogP contribution is -2.03. The van der Waals surface area contributed by atoms with Crippen molar-refractivity contribution < 1.29 is 9.53 Å². The van der Waals surface area contributed by atoms with Gasteiger partial charge in [-0.15, -0.1) is 0 Å². The van der Waals surface area contributed by atoms with Gasteiger partial charge in [-0.1, -0.05) is 0 Å². The molecule has 0 spiro atoms. The largest absolute Gasteiger partial charge is 0.463 e. The van der Waals surface area contributed by atoms with Gasteiger partial charge in [0.1, 0.15) is 0 Å². The molecular formula is C6H11NO2. The van der Waals surface area contributed by atoms with Crippen LogP contribution >= 0.6 is 0 Å². The molecule has 0 aromatic carbocycles. The highest BCUT2D eigenvalue weighted by Gasteiger charge is 1.92. The quantitative estimate of drug-likeness (QED) is 0.434. The van der Waals surface area contributed by atoms with Crippen molar-refractivity contribution in [3.05, 3.63) is 11.8 Å². The Hall–Kier alpha value is -0.990. The molecule has 0 aromatic heterocycles. The van der Waals surface area contributed by atoms with E-state index in [-0.39, 0.29) is 5.97 Å². The molecule has 0 aliphatic rings. The Morgan fingerprint density at radius 2 is 2.33 bits per heavy atom. The smallest absolute Gasteiger partial charge is 0.332 e. The van der Waals surface area contributed by atoms with Crippen molar-refractivity contribution in [1.82, 2.24) is 0 Å². The zero-order chi connectivity index (χ0) is 7.28. The molecule has 0 rings (SSSR count). The summed E-state index contributed by atoms with van der Waals surface area (Å²) in [7, 11) is 0. The van der Waals surface area contributed by atoms with Gasteiger partial charge in [-0.05, 0) is 13.8 Å². The van der Waals surface area contributed by atoms with Crippen molar-refractivity contribution in [2.24, 2.45) is 5.73 Å². The maximum atomic E-state index is 10.5. The second-order valence-electron chi connectivity index (χ2n) is 1.64. The van der Waals surface area contributed by atoms with E-state index in [4.69, 9.17) is 5.73 Å². The highest BCUT2D eigenvalue weighted by Crippen LogP contribution is 1.83. The van der Waals surface area contributed by atoms with Gasteiger partial charge in [0.15, 0.2) is 0 Å². The van der Waals surface area contributed by atoms with Crippen LogP contribution in [0.2, 0.25) is 0 Å². The zero-order valence-corrected chi connectivity index (χ0v) is 5.68. The molecule has 0 heterocycles. The topological polar surface area (TPSA) is 52.3 Å². The Morgan fingerprint density at radius 3 is 2.67 bits per heavy atom. The average molecular weight is 129 g/mol. The Balaban J connectivity index is 3.63. The SMILES string of the molecule is CCOC(=O)/C=C(\C)N. The fraction of sp³-hybridized carbons (Fsp3) is 0.500. The molecule has 52 valence electrons. The molecule has 0 saturated carbocycles. The summed E-state index contributed by atoms with van der Waals surface area (Å²) in [6.45, 7) is 3.77. The summed E-state index contributed by atoms with van der Waals surface area (Å²) in [4.78, 5) is 10.5. The minimum atomic E-state index is -0.377. The summed E-state index contributed by atoms with van der Waals surface area (Å²) in [6.07, 6.45) is 1.25. The first kappa shape index (κ1) is 8.01. The molecule has 0 saturated heterocycles. The van der Waals surface area contributed by atoms with E-state index in [1.165, 1.54) is 6.08 Å². The van der Waals surface area contributed by atoms with E-state index in [1.54, 1.807) is 13.8 Å². The number of esters is 1. The molecule has 0 amide bonds.